The lowest BCUT2D eigenvalue weighted by atomic mass is 10.2. The van der Waals surface area contributed by atoms with E-state index in [1.54, 1.807) is 0 Å². The zero-order valence-corrected chi connectivity index (χ0v) is 20.0. The minimum atomic E-state index is 0. The van der Waals surface area contributed by atoms with Gasteiger partial charge in [-0.05, 0) is 43.7 Å². The summed E-state index contributed by atoms with van der Waals surface area (Å²) in [5.41, 5.74) is 1.29. The third-order valence-electron chi connectivity index (χ3n) is 5.46. The summed E-state index contributed by atoms with van der Waals surface area (Å²) in [5, 5.41) is 16.8. The molecule has 2 N–H and O–H groups in total. The highest BCUT2D eigenvalue weighted by atomic mass is 127. The van der Waals surface area contributed by atoms with E-state index in [1.807, 2.05) is 0 Å². The lowest BCUT2D eigenvalue weighted by Crippen LogP contribution is -2.38. The van der Waals surface area contributed by atoms with Crippen LogP contribution in [0.1, 0.15) is 44.3 Å². The molecule has 0 saturated carbocycles. The number of rotatable bonds is 7. The van der Waals surface area contributed by atoms with Crippen LogP contribution in [0.2, 0.25) is 0 Å². The van der Waals surface area contributed by atoms with Gasteiger partial charge in [-0.15, -0.1) is 34.2 Å². The van der Waals surface area contributed by atoms with E-state index in [0.717, 1.165) is 56.6 Å². The van der Waals surface area contributed by atoms with E-state index < -0.39 is 0 Å². The van der Waals surface area contributed by atoms with Crippen molar-refractivity contribution in [2.45, 2.75) is 58.7 Å². The molecule has 4 rings (SSSR count). The molecule has 0 spiro atoms. The maximum Gasteiger partial charge on any atom is 0.191 e. The third kappa shape index (κ3) is 5.53. The Morgan fingerprint density at radius 1 is 1.10 bits per heavy atom. The van der Waals surface area contributed by atoms with Crippen molar-refractivity contribution in [1.82, 2.24) is 30.0 Å². The van der Waals surface area contributed by atoms with Gasteiger partial charge in [-0.2, -0.15) is 0 Å². The molecule has 0 saturated heterocycles. The highest BCUT2D eigenvalue weighted by molar-refractivity contribution is 14.0. The molecule has 0 amide bonds. The number of nitrogens with one attached hydrogen (secondary N) is 2. The predicted molar refractivity (Wildman–Crippen MR) is 132 cm³/mol. The van der Waals surface area contributed by atoms with Crippen LogP contribution in [0.4, 0.5) is 0 Å². The molecule has 0 radical (unpaired) electrons. The number of aliphatic imine (C=N–C) groups is 1. The predicted octanol–water partition coefficient (Wildman–Crippen LogP) is 3.72. The second-order valence-corrected chi connectivity index (χ2v) is 7.54. The topological polar surface area (TPSA) is 72.1 Å². The van der Waals surface area contributed by atoms with Crippen LogP contribution < -0.4 is 10.6 Å². The molecule has 3 heterocycles. The molecule has 1 aliphatic rings. The van der Waals surface area contributed by atoms with Crippen LogP contribution >= 0.6 is 24.0 Å². The molecule has 162 valence electrons. The molecule has 0 fully saturated rings. The van der Waals surface area contributed by atoms with Crippen molar-refractivity contribution in [3.8, 4) is 0 Å². The van der Waals surface area contributed by atoms with Gasteiger partial charge in [0.1, 0.15) is 12.4 Å². The van der Waals surface area contributed by atoms with Crippen LogP contribution in [-0.4, -0.2) is 38.4 Å². The molecule has 1 aromatic carbocycles. The van der Waals surface area contributed by atoms with Crippen molar-refractivity contribution in [2.75, 3.05) is 13.1 Å². The van der Waals surface area contributed by atoms with Crippen LogP contribution in [0.3, 0.4) is 0 Å². The summed E-state index contributed by atoms with van der Waals surface area (Å²) in [5.74, 6) is 2.93. The van der Waals surface area contributed by atoms with Crippen molar-refractivity contribution >= 4 is 40.8 Å². The second-order valence-electron chi connectivity index (χ2n) is 7.54. The van der Waals surface area contributed by atoms with Gasteiger partial charge >= 0.3 is 0 Å². The van der Waals surface area contributed by atoms with Gasteiger partial charge in [0.25, 0.3) is 0 Å². The number of fused-ring (bicyclic) bond motifs is 2. The van der Waals surface area contributed by atoms with Crippen LogP contribution in [0, 0.1) is 0 Å². The fourth-order valence-corrected chi connectivity index (χ4v) is 3.95. The Labute approximate surface area is 195 Å². The zero-order valence-electron chi connectivity index (χ0n) is 17.7. The lowest BCUT2D eigenvalue weighted by Gasteiger charge is -2.12. The summed E-state index contributed by atoms with van der Waals surface area (Å²) in [6, 6.07) is 10.7. The summed E-state index contributed by atoms with van der Waals surface area (Å²) in [4.78, 5) is 4.74. The highest BCUT2D eigenvalue weighted by Gasteiger charge is 2.14. The zero-order chi connectivity index (χ0) is 19.9. The summed E-state index contributed by atoms with van der Waals surface area (Å²) in [6.07, 6.45) is 7.91. The van der Waals surface area contributed by atoms with Gasteiger partial charge in [0.05, 0.1) is 0 Å². The molecule has 0 unspecified atom stereocenters. The highest BCUT2D eigenvalue weighted by Crippen LogP contribution is 2.16. The third-order valence-corrected chi connectivity index (χ3v) is 5.46. The number of halogens is 1. The van der Waals surface area contributed by atoms with E-state index in [-0.39, 0.29) is 24.0 Å². The first-order chi connectivity index (χ1) is 14.3. The molecule has 0 aliphatic carbocycles. The first-order valence-corrected chi connectivity index (χ1v) is 10.8. The van der Waals surface area contributed by atoms with Crippen LogP contribution in [0.25, 0.3) is 10.9 Å². The number of aryl methyl sites for hydroxylation is 2. The van der Waals surface area contributed by atoms with Crippen LogP contribution in [0.5, 0.6) is 0 Å². The van der Waals surface area contributed by atoms with Crippen molar-refractivity contribution in [2.24, 2.45) is 4.99 Å². The smallest absolute Gasteiger partial charge is 0.191 e. The van der Waals surface area contributed by atoms with Gasteiger partial charge in [-0.3, -0.25) is 0 Å². The fraction of sp³-hybridized carbons (Fsp3) is 0.500. The van der Waals surface area contributed by atoms with Gasteiger partial charge in [-0.1, -0.05) is 24.6 Å². The van der Waals surface area contributed by atoms with E-state index in [4.69, 9.17) is 4.99 Å². The molecule has 1 aliphatic heterocycles. The average molecular weight is 521 g/mol. The summed E-state index contributed by atoms with van der Waals surface area (Å²) >= 11 is 0. The fourth-order valence-electron chi connectivity index (χ4n) is 3.95. The maximum absolute atomic E-state index is 4.74. The molecule has 3 aromatic rings. The Bertz CT molecular complexity index is 959. The van der Waals surface area contributed by atoms with E-state index in [2.05, 4.69) is 73.4 Å². The Balaban J connectivity index is 0.00000256. The minimum absolute atomic E-state index is 0. The van der Waals surface area contributed by atoms with Gasteiger partial charge in [0, 0.05) is 44.3 Å². The Morgan fingerprint density at radius 3 is 2.90 bits per heavy atom. The van der Waals surface area contributed by atoms with Crippen molar-refractivity contribution in [3.05, 3.63) is 48.2 Å². The maximum atomic E-state index is 4.74. The number of guanidine groups is 1. The molecule has 0 bridgehead atoms. The minimum Gasteiger partial charge on any atom is -0.357 e. The normalized spacial score (nSPS) is 14.1. The summed E-state index contributed by atoms with van der Waals surface area (Å²) in [6.45, 7) is 6.36. The van der Waals surface area contributed by atoms with E-state index in [1.165, 1.54) is 30.2 Å². The van der Waals surface area contributed by atoms with Crippen LogP contribution in [0.15, 0.2) is 41.5 Å². The first kappa shape index (κ1) is 22.6. The summed E-state index contributed by atoms with van der Waals surface area (Å²) in [7, 11) is 0. The van der Waals surface area contributed by atoms with Gasteiger partial charge in [0.15, 0.2) is 11.8 Å². The van der Waals surface area contributed by atoms with E-state index in [0.29, 0.717) is 6.54 Å². The van der Waals surface area contributed by atoms with Crippen molar-refractivity contribution < 1.29 is 0 Å². The van der Waals surface area contributed by atoms with Crippen LogP contribution in [-0.2, 0) is 26.1 Å². The molecule has 2 aromatic heterocycles. The Hall–Kier alpha value is -2.10. The van der Waals surface area contributed by atoms with E-state index in [9.17, 15) is 0 Å². The summed E-state index contributed by atoms with van der Waals surface area (Å²) < 4.78 is 4.57. The number of hydrogen-bond acceptors (Lipinski definition) is 3. The quantitative estimate of drug-likeness (QED) is 0.215. The number of benzene rings is 1. The number of aromatic nitrogens is 4. The molecule has 7 nitrogen and oxygen atoms in total. The van der Waals surface area contributed by atoms with Crippen molar-refractivity contribution in [1.29, 1.82) is 0 Å². The van der Waals surface area contributed by atoms with Crippen molar-refractivity contribution in [3.63, 3.8) is 0 Å². The first-order valence-electron chi connectivity index (χ1n) is 10.8. The number of para-hydroxylation sites is 1. The Kier molecular flexibility index (Phi) is 8.53. The second kappa shape index (κ2) is 11.3. The molecule has 8 heteroatoms. The molecular weight excluding hydrogens is 489 g/mol. The van der Waals surface area contributed by atoms with Gasteiger partial charge < -0.3 is 19.8 Å². The average Bonchev–Trinajstić information content (AvgIpc) is 3.25. The lowest BCUT2D eigenvalue weighted by molar-refractivity contribution is 0.604. The molecule has 30 heavy (non-hydrogen) atoms. The Morgan fingerprint density at radius 2 is 2.00 bits per heavy atom. The van der Waals surface area contributed by atoms with Gasteiger partial charge in [-0.25, -0.2) is 4.99 Å². The van der Waals surface area contributed by atoms with Gasteiger partial charge in [0.2, 0.25) is 0 Å². The van der Waals surface area contributed by atoms with E-state index >= 15 is 0 Å². The number of nitrogens with zero attached hydrogens (tertiary/aromatic N) is 5. The SMILES string of the molecule is CCNC(=NCc1nnc2n1CCCCC2)NCCCn1ccc2ccccc21.I. The largest absolute Gasteiger partial charge is 0.357 e. The monoisotopic (exact) mass is 521 g/mol. The standard InChI is InChI=1S/C22H31N7.HI/c1-2-23-22(25-17-21-27-26-20-11-4-3-7-15-29(20)21)24-13-8-14-28-16-12-18-9-5-6-10-19(18)28;/h5-6,9-10,12,16H,2-4,7-8,11,13-15,17H2,1H3,(H2,23,24,25);1H. The molecule has 0 atom stereocenters. The molecular formula is C22H32IN7. The number of hydrogen-bond donors (Lipinski definition) is 2.